The van der Waals surface area contributed by atoms with Crippen molar-refractivity contribution in [2.75, 3.05) is 26.6 Å². The third-order valence-corrected chi connectivity index (χ3v) is 3.69. The van der Waals surface area contributed by atoms with Gasteiger partial charge >= 0.3 is 0 Å². The molecule has 0 bridgehead atoms. The summed E-state index contributed by atoms with van der Waals surface area (Å²) in [5, 5.41) is 13.8. The van der Waals surface area contributed by atoms with Gasteiger partial charge in [0.05, 0.1) is 32.6 Å². The highest BCUT2D eigenvalue weighted by molar-refractivity contribution is 6.07. The Hall–Kier alpha value is -3.62. The quantitative estimate of drug-likeness (QED) is 0.721. The molecule has 1 heterocycles. The summed E-state index contributed by atoms with van der Waals surface area (Å²) in [4.78, 5) is 12.7. The summed E-state index contributed by atoms with van der Waals surface area (Å²) < 4.78 is 17.4. The molecule has 0 aliphatic carbocycles. The molecule has 0 aliphatic heterocycles. The summed E-state index contributed by atoms with van der Waals surface area (Å²) in [5.74, 6) is 0.802. The SMILES string of the molecule is COc1ccc(C(=O)Nc2ccc(-n3cnnn3)cc2)c(OC)c1OC. The van der Waals surface area contributed by atoms with Crippen molar-refractivity contribution >= 4 is 11.6 Å². The van der Waals surface area contributed by atoms with E-state index < -0.39 is 0 Å². The third-order valence-electron chi connectivity index (χ3n) is 3.69. The van der Waals surface area contributed by atoms with Crippen molar-refractivity contribution in [3.63, 3.8) is 0 Å². The summed E-state index contributed by atoms with van der Waals surface area (Å²) in [6.45, 7) is 0. The minimum atomic E-state index is -0.335. The molecule has 3 rings (SSSR count). The van der Waals surface area contributed by atoms with Gasteiger partial charge in [0.25, 0.3) is 5.91 Å². The lowest BCUT2D eigenvalue weighted by Crippen LogP contribution is -2.14. The Labute approximate surface area is 149 Å². The molecule has 9 heteroatoms. The first-order valence-corrected chi connectivity index (χ1v) is 7.61. The zero-order chi connectivity index (χ0) is 18.5. The van der Waals surface area contributed by atoms with Gasteiger partial charge in [-0.1, -0.05) is 0 Å². The number of aromatic nitrogens is 4. The van der Waals surface area contributed by atoms with Crippen LogP contribution in [-0.4, -0.2) is 47.4 Å². The summed E-state index contributed by atoms with van der Waals surface area (Å²) >= 11 is 0. The maximum Gasteiger partial charge on any atom is 0.259 e. The largest absolute Gasteiger partial charge is 0.493 e. The maximum absolute atomic E-state index is 12.7. The first-order chi connectivity index (χ1) is 12.7. The molecular formula is C17H17N5O4. The molecule has 1 aromatic heterocycles. The average Bonchev–Trinajstić information content (AvgIpc) is 3.21. The van der Waals surface area contributed by atoms with Crippen molar-refractivity contribution < 1.29 is 19.0 Å². The lowest BCUT2D eigenvalue weighted by Gasteiger charge is -2.15. The van der Waals surface area contributed by atoms with Crippen LogP contribution < -0.4 is 19.5 Å². The summed E-state index contributed by atoms with van der Waals surface area (Å²) in [5.41, 5.74) is 1.72. The van der Waals surface area contributed by atoms with Gasteiger partial charge in [-0.15, -0.1) is 5.10 Å². The van der Waals surface area contributed by atoms with Crippen LogP contribution in [0.2, 0.25) is 0 Å². The topological polar surface area (TPSA) is 100 Å². The first kappa shape index (κ1) is 17.2. The molecule has 0 spiro atoms. The van der Waals surface area contributed by atoms with Crippen molar-refractivity contribution in [2.45, 2.75) is 0 Å². The van der Waals surface area contributed by atoms with E-state index in [0.717, 1.165) is 5.69 Å². The van der Waals surface area contributed by atoms with Gasteiger partial charge in [0.2, 0.25) is 5.75 Å². The highest BCUT2D eigenvalue weighted by Gasteiger charge is 2.20. The van der Waals surface area contributed by atoms with Crippen LogP contribution in [0.3, 0.4) is 0 Å². The van der Waals surface area contributed by atoms with Crippen LogP contribution in [0.1, 0.15) is 10.4 Å². The lowest BCUT2D eigenvalue weighted by molar-refractivity contribution is 0.102. The number of hydrogen-bond donors (Lipinski definition) is 1. The standard InChI is InChI=1S/C17H17N5O4/c1-24-14-9-8-13(15(25-2)16(14)26-3)17(23)19-11-4-6-12(7-5-11)22-10-18-20-21-22/h4-10H,1-3H3,(H,19,23). The van der Waals surface area contributed by atoms with Crippen LogP contribution in [0.4, 0.5) is 5.69 Å². The number of hydrogen-bond acceptors (Lipinski definition) is 7. The fourth-order valence-electron chi connectivity index (χ4n) is 2.46. The molecule has 0 aliphatic rings. The Morgan fingerprint density at radius 2 is 1.69 bits per heavy atom. The smallest absolute Gasteiger partial charge is 0.259 e. The number of ether oxygens (including phenoxy) is 3. The molecule has 2 aromatic carbocycles. The Bertz CT molecular complexity index is 894. The summed E-state index contributed by atoms with van der Waals surface area (Å²) in [6, 6.07) is 10.3. The van der Waals surface area contributed by atoms with Gasteiger partial charge in [-0.2, -0.15) is 0 Å². The van der Waals surface area contributed by atoms with Gasteiger partial charge in [-0.05, 0) is 46.8 Å². The number of nitrogens with one attached hydrogen (secondary N) is 1. The van der Waals surface area contributed by atoms with E-state index in [4.69, 9.17) is 14.2 Å². The van der Waals surface area contributed by atoms with Crippen molar-refractivity contribution in [3.05, 3.63) is 48.3 Å². The summed E-state index contributed by atoms with van der Waals surface area (Å²) in [7, 11) is 4.47. The van der Waals surface area contributed by atoms with Crippen molar-refractivity contribution in [1.29, 1.82) is 0 Å². The Kier molecular flexibility index (Phi) is 4.97. The second-order valence-electron chi connectivity index (χ2n) is 5.14. The van der Waals surface area contributed by atoms with Crippen LogP contribution in [0, 0.1) is 0 Å². The van der Waals surface area contributed by atoms with Crippen LogP contribution in [0.5, 0.6) is 17.2 Å². The molecule has 134 valence electrons. The molecular weight excluding hydrogens is 338 g/mol. The fraction of sp³-hybridized carbons (Fsp3) is 0.176. The van der Waals surface area contributed by atoms with E-state index in [2.05, 4.69) is 20.8 Å². The van der Waals surface area contributed by atoms with Crippen LogP contribution in [0.15, 0.2) is 42.7 Å². The number of anilines is 1. The van der Waals surface area contributed by atoms with Gasteiger partial charge in [0, 0.05) is 5.69 Å². The third kappa shape index (κ3) is 3.27. The van der Waals surface area contributed by atoms with Crippen molar-refractivity contribution in [3.8, 4) is 22.9 Å². The average molecular weight is 355 g/mol. The molecule has 26 heavy (non-hydrogen) atoms. The molecule has 0 saturated heterocycles. The van der Waals surface area contributed by atoms with Crippen LogP contribution in [0.25, 0.3) is 5.69 Å². The minimum Gasteiger partial charge on any atom is -0.493 e. The molecule has 0 atom stereocenters. The molecule has 9 nitrogen and oxygen atoms in total. The normalized spacial score (nSPS) is 10.3. The Morgan fingerprint density at radius 3 is 2.27 bits per heavy atom. The molecule has 1 N–H and O–H groups in total. The molecule has 0 unspecified atom stereocenters. The van der Waals surface area contributed by atoms with Crippen molar-refractivity contribution in [1.82, 2.24) is 20.2 Å². The lowest BCUT2D eigenvalue weighted by atomic mass is 10.1. The Balaban J connectivity index is 1.84. The highest BCUT2D eigenvalue weighted by Crippen LogP contribution is 2.39. The Morgan fingerprint density at radius 1 is 0.962 bits per heavy atom. The van der Waals surface area contributed by atoms with Crippen LogP contribution >= 0.6 is 0 Å². The van der Waals surface area contributed by atoms with E-state index in [1.165, 1.54) is 32.3 Å². The number of tetrazole rings is 1. The van der Waals surface area contributed by atoms with E-state index >= 15 is 0 Å². The predicted molar refractivity (Wildman–Crippen MR) is 93.2 cm³/mol. The first-order valence-electron chi connectivity index (χ1n) is 7.61. The number of carbonyl (C=O) groups excluding carboxylic acids is 1. The van der Waals surface area contributed by atoms with Gasteiger partial charge in [-0.3, -0.25) is 4.79 Å². The van der Waals surface area contributed by atoms with Gasteiger partial charge < -0.3 is 19.5 Å². The molecule has 3 aromatic rings. The number of carbonyl (C=O) groups is 1. The minimum absolute atomic E-state index is 0.301. The second kappa shape index (κ2) is 7.51. The van der Waals surface area contributed by atoms with E-state index in [1.54, 1.807) is 36.4 Å². The number of benzene rings is 2. The van der Waals surface area contributed by atoms with Gasteiger partial charge in [-0.25, -0.2) is 4.68 Å². The number of rotatable bonds is 6. The van der Waals surface area contributed by atoms with Gasteiger partial charge in [0.1, 0.15) is 6.33 Å². The van der Waals surface area contributed by atoms with E-state index in [9.17, 15) is 4.79 Å². The monoisotopic (exact) mass is 355 g/mol. The van der Waals surface area contributed by atoms with E-state index in [0.29, 0.717) is 28.5 Å². The van der Waals surface area contributed by atoms with E-state index in [1.807, 2.05) is 0 Å². The fourth-order valence-corrected chi connectivity index (χ4v) is 2.46. The zero-order valence-electron chi connectivity index (χ0n) is 14.5. The molecule has 0 saturated carbocycles. The summed E-state index contributed by atoms with van der Waals surface area (Å²) in [6.07, 6.45) is 1.49. The maximum atomic E-state index is 12.7. The zero-order valence-corrected chi connectivity index (χ0v) is 14.5. The number of nitrogens with zero attached hydrogens (tertiary/aromatic N) is 4. The second-order valence-corrected chi connectivity index (χ2v) is 5.14. The molecule has 0 fully saturated rings. The number of amides is 1. The number of methoxy groups -OCH3 is 3. The molecule has 0 radical (unpaired) electrons. The van der Waals surface area contributed by atoms with E-state index in [-0.39, 0.29) is 5.91 Å². The predicted octanol–water partition coefficient (Wildman–Crippen LogP) is 1.94. The van der Waals surface area contributed by atoms with Gasteiger partial charge in [0.15, 0.2) is 11.5 Å². The van der Waals surface area contributed by atoms with Crippen LogP contribution in [-0.2, 0) is 0 Å². The highest BCUT2D eigenvalue weighted by atomic mass is 16.5. The van der Waals surface area contributed by atoms with Crippen molar-refractivity contribution in [2.24, 2.45) is 0 Å². The molecule has 1 amide bonds.